The number of nitrogens with zero attached hydrogens (tertiary/aromatic N) is 1. The molecule has 0 saturated heterocycles. The highest BCUT2D eigenvalue weighted by Gasteiger charge is 2.33. The first-order valence-electron chi connectivity index (χ1n) is 19.7. The molecule has 0 aromatic heterocycles. The number of aliphatic hydroxyl groups is 1. The lowest BCUT2D eigenvalue weighted by Gasteiger charge is -2.26. The van der Waals surface area contributed by atoms with Crippen molar-refractivity contribution in [1.82, 2.24) is 4.90 Å². The van der Waals surface area contributed by atoms with Crippen molar-refractivity contribution in [2.75, 3.05) is 6.61 Å². The lowest BCUT2D eigenvalue weighted by atomic mass is 10.0. The second-order valence-corrected chi connectivity index (χ2v) is 13.6. The second-order valence-electron chi connectivity index (χ2n) is 13.6. The summed E-state index contributed by atoms with van der Waals surface area (Å²) in [5.41, 5.74) is 0. The highest BCUT2D eigenvalue weighted by Crippen LogP contribution is 2.17. The average molecular weight is 638 g/mol. The van der Waals surface area contributed by atoms with E-state index in [0.717, 1.165) is 43.4 Å². The number of aliphatic hydroxyl groups excluding tert-OH is 1. The minimum Gasteiger partial charge on any atom is -0.480 e. The summed E-state index contributed by atoms with van der Waals surface area (Å²) in [5.74, 6) is -2.25. The molecule has 266 valence electrons. The number of rotatable bonds is 35. The van der Waals surface area contributed by atoms with Gasteiger partial charge in [0.2, 0.25) is 11.8 Å². The van der Waals surface area contributed by atoms with Crippen LogP contribution >= 0.6 is 0 Å². The van der Waals surface area contributed by atoms with Crippen molar-refractivity contribution in [3.63, 3.8) is 0 Å². The fourth-order valence-corrected chi connectivity index (χ4v) is 6.29. The summed E-state index contributed by atoms with van der Waals surface area (Å²) < 4.78 is 0. The molecule has 1 atom stereocenters. The van der Waals surface area contributed by atoms with Gasteiger partial charge in [-0.05, 0) is 12.8 Å². The Kier molecular flexibility index (Phi) is 32.8. The van der Waals surface area contributed by atoms with Gasteiger partial charge in [-0.1, -0.05) is 194 Å². The number of carboxylic acid groups (broad SMARTS) is 1. The molecule has 0 aliphatic rings. The third-order valence-electron chi connectivity index (χ3n) is 9.30. The molecule has 0 fully saturated rings. The number of unbranched alkanes of at least 4 members (excludes halogenated alkanes) is 28. The molecule has 0 rings (SSSR count). The van der Waals surface area contributed by atoms with E-state index in [-0.39, 0.29) is 12.8 Å². The van der Waals surface area contributed by atoms with Crippen molar-refractivity contribution < 1.29 is 24.6 Å². The largest absolute Gasteiger partial charge is 0.480 e. The first-order chi connectivity index (χ1) is 22.0. The zero-order valence-electron chi connectivity index (χ0n) is 30.0. The molecule has 0 aliphatic carbocycles. The van der Waals surface area contributed by atoms with Gasteiger partial charge in [-0.25, -0.2) is 4.79 Å². The van der Waals surface area contributed by atoms with Gasteiger partial charge in [0.25, 0.3) is 0 Å². The van der Waals surface area contributed by atoms with E-state index >= 15 is 0 Å². The molecule has 0 radical (unpaired) electrons. The number of hydrogen-bond donors (Lipinski definition) is 2. The molecule has 0 aromatic rings. The minimum atomic E-state index is -1.49. The van der Waals surface area contributed by atoms with E-state index in [0.29, 0.717) is 12.8 Å². The summed E-state index contributed by atoms with van der Waals surface area (Å²) >= 11 is 0. The van der Waals surface area contributed by atoms with Crippen molar-refractivity contribution in [2.24, 2.45) is 0 Å². The van der Waals surface area contributed by atoms with Crippen LogP contribution in [0.1, 0.15) is 219 Å². The Morgan fingerprint density at radius 1 is 0.422 bits per heavy atom. The summed E-state index contributed by atoms with van der Waals surface area (Å²) in [6.07, 6.45) is 37.2. The van der Waals surface area contributed by atoms with Crippen LogP contribution < -0.4 is 0 Å². The molecule has 45 heavy (non-hydrogen) atoms. The first kappa shape index (κ1) is 43.6. The van der Waals surface area contributed by atoms with Gasteiger partial charge in [-0.15, -0.1) is 0 Å². The molecule has 2 N–H and O–H groups in total. The molecule has 0 aliphatic heterocycles. The maximum absolute atomic E-state index is 12.9. The normalized spacial score (nSPS) is 12.0. The molecule has 0 bridgehead atoms. The van der Waals surface area contributed by atoms with E-state index in [9.17, 15) is 24.6 Å². The van der Waals surface area contributed by atoms with Crippen LogP contribution in [0.3, 0.4) is 0 Å². The lowest BCUT2D eigenvalue weighted by Crippen LogP contribution is -2.50. The van der Waals surface area contributed by atoms with Crippen LogP contribution in [0.5, 0.6) is 0 Å². The Labute approximate surface area is 278 Å². The second kappa shape index (κ2) is 33.9. The van der Waals surface area contributed by atoms with Crippen LogP contribution in [0.15, 0.2) is 0 Å². The molecule has 6 heteroatoms. The van der Waals surface area contributed by atoms with Gasteiger partial charge < -0.3 is 10.2 Å². The molecule has 2 amide bonds. The number of carbonyl (C=O) groups is 3. The van der Waals surface area contributed by atoms with Crippen molar-refractivity contribution in [3.8, 4) is 0 Å². The topological polar surface area (TPSA) is 94.9 Å². The highest BCUT2D eigenvalue weighted by molar-refractivity contribution is 5.99. The molecule has 0 saturated carbocycles. The quantitative estimate of drug-likeness (QED) is 0.0674. The van der Waals surface area contributed by atoms with Crippen LogP contribution in [0.4, 0.5) is 0 Å². The van der Waals surface area contributed by atoms with Gasteiger partial charge >= 0.3 is 5.97 Å². The predicted octanol–water partition coefficient (Wildman–Crippen LogP) is 11.3. The Morgan fingerprint density at radius 3 is 0.844 bits per heavy atom. The van der Waals surface area contributed by atoms with Crippen LogP contribution in [0, 0.1) is 0 Å². The number of amides is 2. The van der Waals surface area contributed by atoms with Crippen molar-refractivity contribution >= 4 is 17.8 Å². The van der Waals surface area contributed by atoms with Gasteiger partial charge in [0.1, 0.15) is 0 Å². The summed E-state index contributed by atoms with van der Waals surface area (Å²) in [4.78, 5) is 38.4. The molecule has 6 nitrogen and oxygen atoms in total. The van der Waals surface area contributed by atoms with Crippen LogP contribution in [-0.4, -0.2) is 45.5 Å². The Balaban J connectivity index is 4.00. The SMILES string of the molecule is CCCCCCCCCCCCCCCCCC(=O)N(C(=O)CCCCCCCCCCCCCCCCC)C(CO)C(=O)O. The van der Waals surface area contributed by atoms with Crippen LogP contribution in [-0.2, 0) is 14.4 Å². The fourth-order valence-electron chi connectivity index (χ4n) is 6.29. The Bertz CT molecular complexity index is 636. The van der Waals surface area contributed by atoms with Crippen molar-refractivity contribution in [1.29, 1.82) is 0 Å². The number of imide groups is 1. The molecular formula is C39H75NO5. The minimum absolute atomic E-state index is 0.159. The third kappa shape index (κ3) is 27.4. The number of hydrogen-bond acceptors (Lipinski definition) is 4. The maximum atomic E-state index is 12.9. The van der Waals surface area contributed by atoms with Crippen molar-refractivity contribution in [3.05, 3.63) is 0 Å². The van der Waals surface area contributed by atoms with Gasteiger partial charge in [0.05, 0.1) is 6.61 Å². The lowest BCUT2D eigenvalue weighted by molar-refractivity contribution is -0.160. The molecular weight excluding hydrogens is 562 g/mol. The summed E-state index contributed by atoms with van der Waals surface area (Å²) in [5, 5.41) is 19.2. The molecule has 0 aromatic carbocycles. The zero-order chi connectivity index (χ0) is 33.2. The number of carboxylic acids is 1. The van der Waals surface area contributed by atoms with Crippen molar-refractivity contribution in [2.45, 2.75) is 225 Å². The molecule has 0 heterocycles. The zero-order valence-corrected chi connectivity index (χ0v) is 30.0. The van der Waals surface area contributed by atoms with E-state index in [1.54, 1.807) is 0 Å². The first-order valence-corrected chi connectivity index (χ1v) is 19.7. The summed E-state index contributed by atoms with van der Waals surface area (Å²) in [6.45, 7) is 3.77. The van der Waals surface area contributed by atoms with E-state index in [1.165, 1.54) is 141 Å². The average Bonchev–Trinajstić information content (AvgIpc) is 3.03. The Hall–Kier alpha value is -1.43. The van der Waals surface area contributed by atoms with E-state index in [2.05, 4.69) is 13.8 Å². The van der Waals surface area contributed by atoms with Gasteiger partial charge in [0, 0.05) is 12.8 Å². The predicted molar refractivity (Wildman–Crippen MR) is 189 cm³/mol. The molecule has 1 unspecified atom stereocenters. The number of carbonyl (C=O) groups excluding carboxylic acids is 2. The van der Waals surface area contributed by atoms with Gasteiger partial charge in [-0.3, -0.25) is 14.5 Å². The monoisotopic (exact) mass is 638 g/mol. The molecule has 0 spiro atoms. The standard InChI is InChI=1S/C39H75NO5/c1-3-5-7-9-11-13-15-17-19-21-23-25-27-29-31-33-37(42)40(36(35-41)39(44)45)38(43)34-32-30-28-26-24-22-20-18-16-14-12-10-8-6-4-2/h36,41H,3-35H2,1-2H3,(H,44,45). The maximum Gasteiger partial charge on any atom is 0.329 e. The summed E-state index contributed by atoms with van der Waals surface area (Å²) in [7, 11) is 0. The fraction of sp³-hybridized carbons (Fsp3) is 0.923. The third-order valence-corrected chi connectivity index (χ3v) is 9.30. The van der Waals surface area contributed by atoms with E-state index in [1.807, 2.05) is 0 Å². The van der Waals surface area contributed by atoms with Crippen LogP contribution in [0.2, 0.25) is 0 Å². The van der Waals surface area contributed by atoms with Crippen LogP contribution in [0.25, 0.3) is 0 Å². The highest BCUT2D eigenvalue weighted by atomic mass is 16.4. The van der Waals surface area contributed by atoms with E-state index < -0.39 is 30.4 Å². The smallest absolute Gasteiger partial charge is 0.329 e. The summed E-state index contributed by atoms with van der Waals surface area (Å²) in [6, 6.07) is -1.49. The van der Waals surface area contributed by atoms with E-state index in [4.69, 9.17) is 0 Å². The number of aliphatic carboxylic acids is 1. The Morgan fingerprint density at radius 2 is 0.644 bits per heavy atom. The van der Waals surface area contributed by atoms with Gasteiger partial charge in [0.15, 0.2) is 6.04 Å². The van der Waals surface area contributed by atoms with Gasteiger partial charge in [-0.2, -0.15) is 0 Å².